The molecule has 0 aromatic heterocycles. The lowest BCUT2D eigenvalue weighted by Gasteiger charge is -2.40. The Morgan fingerprint density at radius 1 is 1.60 bits per heavy atom. The Labute approximate surface area is 90.9 Å². The van der Waals surface area contributed by atoms with E-state index in [4.69, 9.17) is 0 Å². The molecule has 0 amide bonds. The van der Waals surface area contributed by atoms with Crippen LogP contribution in [0.25, 0.3) is 0 Å². The molecule has 0 bridgehead atoms. The zero-order valence-electron chi connectivity index (χ0n) is 9.24. The van der Waals surface area contributed by atoms with E-state index in [9.17, 15) is 4.79 Å². The summed E-state index contributed by atoms with van der Waals surface area (Å²) in [5.41, 5.74) is 0. The van der Waals surface area contributed by atoms with Crippen molar-refractivity contribution < 1.29 is 9.53 Å². The molecule has 3 heteroatoms. The minimum Gasteiger partial charge on any atom is -0.469 e. The second-order valence-corrected chi connectivity index (χ2v) is 4.48. The van der Waals surface area contributed by atoms with Crippen molar-refractivity contribution in [3.05, 3.63) is 12.2 Å². The number of rotatable bonds is 5. The number of fused-ring (bicyclic) bond motifs is 1. The second kappa shape index (κ2) is 4.79. The molecular formula is C12H19NO2. The van der Waals surface area contributed by atoms with Gasteiger partial charge >= 0.3 is 5.97 Å². The molecule has 0 spiro atoms. The maximum Gasteiger partial charge on any atom is 0.305 e. The van der Waals surface area contributed by atoms with Crippen LogP contribution in [0.1, 0.15) is 25.7 Å². The number of methoxy groups -OCH3 is 1. The molecule has 3 nitrogen and oxygen atoms in total. The molecule has 1 fully saturated rings. The van der Waals surface area contributed by atoms with Crippen molar-refractivity contribution in [3.8, 4) is 0 Å². The topological polar surface area (TPSA) is 38.3 Å². The Morgan fingerprint density at radius 2 is 2.47 bits per heavy atom. The first-order valence-electron chi connectivity index (χ1n) is 5.78. The Morgan fingerprint density at radius 3 is 3.20 bits per heavy atom. The van der Waals surface area contributed by atoms with Crippen molar-refractivity contribution in [2.45, 2.75) is 31.7 Å². The molecular weight excluding hydrogens is 190 g/mol. The molecule has 84 valence electrons. The van der Waals surface area contributed by atoms with E-state index in [0.717, 1.165) is 24.8 Å². The van der Waals surface area contributed by atoms with Gasteiger partial charge in [-0.05, 0) is 37.6 Å². The van der Waals surface area contributed by atoms with Crippen molar-refractivity contribution in [2.24, 2.45) is 11.8 Å². The molecule has 0 aromatic carbocycles. The monoisotopic (exact) mass is 209 g/mol. The Bertz CT molecular complexity index is 262. The number of allylic oxidation sites excluding steroid dienone is 1. The summed E-state index contributed by atoms with van der Waals surface area (Å²) in [4.78, 5) is 10.9. The summed E-state index contributed by atoms with van der Waals surface area (Å²) in [7, 11) is 1.44. The zero-order valence-corrected chi connectivity index (χ0v) is 9.24. The molecule has 1 saturated carbocycles. The number of hydrogen-bond donors (Lipinski definition) is 1. The molecule has 0 radical (unpaired) electrons. The predicted octanol–water partition coefficient (Wildman–Crippen LogP) is 1.49. The minimum atomic E-state index is -0.107. The third kappa shape index (κ3) is 2.40. The van der Waals surface area contributed by atoms with Crippen LogP contribution in [-0.4, -0.2) is 25.7 Å². The van der Waals surface area contributed by atoms with Crippen molar-refractivity contribution in [1.82, 2.24) is 5.32 Å². The van der Waals surface area contributed by atoms with E-state index in [1.807, 2.05) is 0 Å². The van der Waals surface area contributed by atoms with Gasteiger partial charge in [-0.25, -0.2) is 0 Å². The molecule has 0 aromatic rings. The normalized spacial score (nSPS) is 32.2. The molecule has 2 rings (SSSR count). The Kier molecular flexibility index (Phi) is 3.41. The largest absolute Gasteiger partial charge is 0.469 e. The van der Waals surface area contributed by atoms with Crippen LogP contribution in [0.4, 0.5) is 0 Å². The van der Waals surface area contributed by atoms with Gasteiger partial charge in [-0.1, -0.05) is 12.2 Å². The van der Waals surface area contributed by atoms with Gasteiger partial charge in [0.1, 0.15) is 0 Å². The van der Waals surface area contributed by atoms with Crippen LogP contribution in [0.15, 0.2) is 12.2 Å². The van der Waals surface area contributed by atoms with Crippen LogP contribution < -0.4 is 5.32 Å². The fourth-order valence-corrected chi connectivity index (χ4v) is 2.57. The van der Waals surface area contributed by atoms with Crippen molar-refractivity contribution in [3.63, 3.8) is 0 Å². The average Bonchev–Trinajstić information content (AvgIpc) is 2.59. The van der Waals surface area contributed by atoms with Gasteiger partial charge < -0.3 is 10.1 Å². The molecule has 0 saturated heterocycles. The summed E-state index contributed by atoms with van der Waals surface area (Å²) in [6.07, 6.45) is 8.61. The number of hydrogen-bond acceptors (Lipinski definition) is 3. The quantitative estimate of drug-likeness (QED) is 0.423. The molecule has 2 aliphatic rings. The Balaban J connectivity index is 1.55. The predicted molar refractivity (Wildman–Crippen MR) is 58.4 cm³/mol. The fraction of sp³-hybridized carbons (Fsp3) is 0.750. The molecule has 3 unspecified atom stereocenters. The fourth-order valence-electron chi connectivity index (χ4n) is 2.57. The smallest absolute Gasteiger partial charge is 0.305 e. The van der Waals surface area contributed by atoms with E-state index in [-0.39, 0.29) is 5.97 Å². The second-order valence-electron chi connectivity index (χ2n) is 4.48. The van der Waals surface area contributed by atoms with Gasteiger partial charge in [0, 0.05) is 12.5 Å². The summed E-state index contributed by atoms with van der Waals surface area (Å²) in [6.45, 7) is 0.927. The molecule has 3 atom stereocenters. The van der Waals surface area contributed by atoms with E-state index < -0.39 is 0 Å². The maximum absolute atomic E-state index is 10.9. The highest BCUT2D eigenvalue weighted by Crippen LogP contribution is 2.42. The number of carbonyl (C=O) groups excluding carboxylic acids is 1. The summed E-state index contributed by atoms with van der Waals surface area (Å²) in [5, 5.41) is 3.51. The van der Waals surface area contributed by atoms with Gasteiger partial charge in [-0.3, -0.25) is 4.79 Å². The molecule has 0 aliphatic heterocycles. The van der Waals surface area contributed by atoms with Gasteiger partial charge in [0.2, 0.25) is 0 Å². The highest BCUT2D eigenvalue weighted by Gasteiger charge is 2.40. The van der Waals surface area contributed by atoms with Gasteiger partial charge in [0.15, 0.2) is 0 Å². The first-order chi connectivity index (χ1) is 7.31. The van der Waals surface area contributed by atoms with Gasteiger partial charge in [-0.15, -0.1) is 0 Å². The van der Waals surface area contributed by atoms with Crippen LogP contribution in [0.2, 0.25) is 0 Å². The molecule has 1 N–H and O–H groups in total. The van der Waals surface area contributed by atoms with E-state index in [1.165, 1.54) is 20.0 Å². The number of esters is 1. The lowest BCUT2D eigenvalue weighted by Crippen LogP contribution is -2.48. The van der Waals surface area contributed by atoms with Crippen LogP contribution in [-0.2, 0) is 9.53 Å². The third-order valence-corrected chi connectivity index (χ3v) is 3.55. The number of ether oxygens (including phenoxy) is 1. The third-order valence-electron chi connectivity index (χ3n) is 3.55. The number of carbonyl (C=O) groups is 1. The highest BCUT2D eigenvalue weighted by molar-refractivity contribution is 5.69. The van der Waals surface area contributed by atoms with E-state index >= 15 is 0 Å². The number of nitrogens with one attached hydrogen (secondary N) is 1. The van der Waals surface area contributed by atoms with Gasteiger partial charge in [0.25, 0.3) is 0 Å². The molecule has 0 heterocycles. The first kappa shape index (κ1) is 10.7. The average molecular weight is 209 g/mol. The van der Waals surface area contributed by atoms with E-state index in [0.29, 0.717) is 12.5 Å². The van der Waals surface area contributed by atoms with Crippen molar-refractivity contribution in [2.75, 3.05) is 13.7 Å². The van der Waals surface area contributed by atoms with Gasteiger partial charge in [0.05, 0.1) is 7.11 Å². The van der Waals surface area contributed by atoms with Gasteiger partial charge in [-0.2, -0.15) is 0 Å². The lowest BCUT2D eigenvalue weighted by atomic mass is 9.71. The summed E-state index contributed by atoms with van der Waals surface area (Å²) in [5.74, 6) is 1.57. The van der Waals surface area contributed by atoms with Crippen LogP contribution in [0, 0.1) is 11.8 Å². The van der Waals surface area contributed by atoms with E-state index in [2.05, 4.69) is 22.2 Å². The molecule has 2 aliphatic carbocycles. The first-order valence-corrected chi connectivity index (χ1v) is 5.78. The van der Waals surface area contributed by atoms with Crippen LogP contribution >= 0.6 is 0 Å². The van der Waals surface area contributed by atoms with Crippen LogP contribution in [0.3, 0.4) is 0 Å². The van der Waals surface area contributed by atoms with E-state index in [1.54, 1.807) is 0 Å². The zero-order chi connectivity index (χ0) is 10.7. The SMILES string of the molecule is COC(=O)CCCNC1CC2CC=CC21. The van der Waals surface area contributed by atoms with Crippen molar-refractivity contribution >= 4 is 5.97 Å². The minimum absolute atomic E-state index is 0.107. The summed E-state index contributed by atoms with van der Waals surface area (Å²) >= 11 is 0. The summed E-state index contributed by atoms with van der Waals surface area (Å²) < 4.78 is 4.59. The molecule has 15 heavy (non-hydrogen) atoms. The Hall–Kier alpha value is -0.830. The summed E-state index contributed by atoms with van der Waals surface area (Å²) in [6, 6.07) is 0.659. The maximum atomic E-state index is 10.9. The highest BCUT2D eigenvalue weighted by atomic mass is 16.5. The lowest BCUT2D eigenvalue weighted by molar-refractivity contribution is -0.140. The van der Waals surface area contributed by atoms with Crippen LogP contribution in [0.5, 0.6) is 0 Å². The standard InChI is InChI=1S/C12H19NO2/c1-15-12(14)6-3-7-13-11-8-9-4-2-5-10(9)11/h2,5,9-11,13H,3-4,6-8H2,1H3. The van der Waals surface area contributed by atoms with Crippen molar-refractivity contribution in [1.29, 1.82) is 0 Å².